The Morgan fingerprint density at radius 1 is 1.29 bits per heavy atom. The molecule has 21 heavy (non-hydrogen) atoms. The highest BCUT2D eigenvalue weighted by Gasteiger charge is 2.35. The molecule has 7 nitrogen and oxygen atoms in total. The van der Waals surface area contributed by atoms with Crippen molar-refractivity contribution < 1.29 is 24.2 Å². The van der Waals surface area contributed by atoms with Crippen molar-refractivity contribution >= 4 is 18.0 Å². The Morgan fingerprint density at radius 2 is 1.76 bits per heavy atom. The predicted octanol–water partition coefficient (Wildman–Crippen LogP) is 1.59. The SMILES string of the molecule is C=C(C)OC(=O)N(C)[C@@H](C)C(=O)NC(C(=O)O)C(C)(C)C. The number of rotatable bonds is 5. The van der Waals surface area contributed by atoms with Crippen molar-refractivity contribution in [3.05, 3.63) is 12.3 Å². The molecule has 0 aliphatic carbocycles. The van der Waals surface area contributed by atoms with Crippen LogP contribution in [0.5, 0.6) is 0 Å². The maximum Gasteiger partial charge on any atom is 0.415 e. The van der Waals surface area contributed by atoms with E-state index in [4.69, 9.17) is 4.74 Å². The summed E-state index contributed by atoms with van der Waals surface area (Å²) in [6, 6.07) is -1.93. The first kappa shape index (κ1) is 18.9. The molecular weight excluding hydrogens is 276 g/mol. The van der Waals surface area contributed by atoms with E-state index in [0.717, 1.165) is 4.90 Å². The van der Waals surface area contributed by atoms with Gasteiger partial charge in [-0.25, -0.2) is 9.59 Å². The number of hydrogen-bond acceptors (Lipinski definition) is 4. The highest BCUT2D eigenvalue weighted by atomic mass is 16.6. The van der Waals surface area contributed by atoms with Gasteiger partial charge in [-0.1, -0.05) is 27.4 Å². The summed E-state index contributed by atoms with van der Waals surface area (Å²) in [5.74, 6) is -1.49. The van der Waals surface area contributed by atoms with E-state index in [9.17, 15) is 19.5 Å². The van der Waals surface area contributed by atoms with Crippen LogP contribution in [-0.4, -0.2) is 47.1 Å². The first-order valence-electron chi connectivity index (χ1n) is 6.51. The summed E-state index contributed by atoms with van der Waals surface area (Å²) in [4.78, 5) is 36.0. The molecular formula is C14H24N2O5. The summed E-state index contributed by atoms with van der Waals surface area (Å²) >= 11 is 0. The van der Waals surface area contributed by atoms with Gasteiger partial charge in [0, 0.05) is 7.05 Å². The van der Waals surface area contributed by atoms with Crippen molar-refractivity contribution in [2.75, 3.05) is 7.05 Å². The van der Waals surface area contributed by atoms with E-state index in [0.29, 0.717) is 0 Å². The number of hydrogen-bond donors (Lipinski definition) is 2. The summed E-state index contributed by atoms with van der Waals surface area (Å²) in [6.45, 7) is 11.5. The fourth-order valence-electron chi connectivity index (χ4n) is 1.47. The molecule has 0 fully saturated rings. The van der Waals surface area contributed by atoms with Crippen LogP contribution in [0.4, 0.5) is 4.79 Å². The summed E-state index contributed by atoms with van der Waals surface area (Å²) in [5.41, 5.74) is -0.655. The van der Waals surface area contributed by atoms with E-state index >= 15 is 0 Å². The average Bonchev–Trinajstić information content (AvgIpc) is 2.30. The number of aliphatic carboxylic acids is 1. The highest BCUT2D eigenvalue weighted by molar-refractivity contribution is 5.89. The Kier molecular flexibility index (Phi) is 6.41. The van der Waals surface area contributed by atoms with Gasteiger partial charge in [-0.15, -0.1) is 0 Å². The van der Waals surface area contributed by atoms with E-state index < -0.39 is 35.5 Å². The molecule has 0 aromatic heterocycles. The Morgan fingerprint density at radius 3 is 2.10 bits per heavy atom. The fourth-order valence-corrected chi connectivity index (χ4v) is 1.47. The molecule has 0 spiro atoms. The first-order chi connectivity index (χ1) is 9.37. The third-order valence-electron chi connectivity index (χ3n) is 2.91. The van der Waals surface area contributed by atoms with Crippen molar-refractivity contribution in [1.29, 1.82) is 0 Å². The van der Waals surface area contributed by atoms with Gasteiger partial charge in [0.1, 0.15) is 12.1 Å². The van der Waals surface area contributed by atoms with Crippen LogP contribution in [0.2, 0.25) is 0 Å². The maximum atomic E-state index is 12.1. The number of allylic oxidation sites excluding steroid dienone is 1. The van der Waals surface area contributed by atoms with Gasteiger partial charge in [0.2, 0.25) is 5.91 Å². The molecule has 7 heteroatoms. The van der Waals surface area contributed by atoms with E-state index in [2.05, 4.69) is 11.9 Å². The summed E-state index contributed by atoms with van der Waals surface area (Å²) in [7, 11) is 1.39. The molecule has 0 bridgehead atoms. The van der Waals surface area contributed by atoms with Gasteiger partial charge in [-0.05, 0) is 19.3 Å². The topological polar surface area (TPSA) is 95.9 Å². The molecule has 0 rings (SSSR count). The second-order valence-corrected chi connectivity index (χ2v) is 6.00. The van der Waals surface area contributed by atoms with Crippen LogP contribution in [0.1, 0.15) is 34.6 Å². The molecule has 2 N–H and O–H groups in total. The number of amides is 2. The number of nitrogens with one attached hydrogen (secondary N) is 1. The number of likely N-dealkylation sites (N-methyl/N-ethyl adjacent to an activating group) is 1. The van der Waals surface area contributed by atoms with Crippen molar-refractivity contribution in [2.24, 2.45) is 5.41 Å². The van der Waals surface area contributed by atoms with Crippen LogP contribution in [0.15, 0.2) is 12.3 Å². The molecule has 0 radical (unpaired) electrons. The van der Waals surface area contributed by atoms with Gasteiger partial charge in [0.25, 0.3) is 0 Å². The molecule has 0 aromatic carbocycles. The number of carboxylic acid groups (broad SMARTS) is 1. The van der Waals surface area contributed by atoms with E-state index in [1.165, 1.54) is 20.9 Å². The Hall–Kier alpha value is -2.05. The first-order valence-corrected chi connectivity index (χ1v) is 6.51. The Bertz CT molecular complexity index is 439. The van der Waals surface area contributed by atoms with Crippen molar-refractivity contribution in [3.63, 3.8) is 0 Å². The summed E-state index contributed by atoms with van der Waals surface area (Å²) in [6.07, 6.45) is -0.729. The van der Waals surface area contributed by atoms with Gasteiger partial charge in [0.05, 0.1) is 5.76 Å². The fraction of sp³-hybridized carbons (Fsp3) is 0.643. The number of carboxylic acids is 1. The molecule has 0 saturated heterocycles. The summed E-state index contributed by atoms with van der Waals surface area (Å²) < 4.78 is 4.80. The van der Waals surface area contributed by atoms with Gasteiger partial charge >= 0.3 is 12.1 Å². The number of ether oxygens (including phenoxy) is 1. The van der Waals surface area contributed by atoms with Gasteiger partial charge in [-0.3, -0.25) is 9.69 Å². The van der Waals surface area contributed by atoms with E-state index in [-0.39, 0.29) is 5.76 Å². The van der Waals surface area contributed by atoms with Crippen molar-refractivity contribution in [2.45, 2.75) is 46.7 Å². The zero-order valence-electron chi connectivity index (χ0n) is 13.4. The highest BCUT2D eigenvalue weighted by Crippen LogP contribution is 2.19. The molecule has 2 atom stereocenters. The lowest BCUT2D eigenvalue weighted by Crippen LogP contribution is -2.54. The lowest BCUT2D eigenvalue weighted by atomic mass is 9.86. The minimum Gasteiger partial charge on any atom is -0.480 e. The van der Waals surface area contributed by atoms with E-state index in [1.54, 1.807) is 20.8 Å². The molecule has 0 aliphatic rings. The van der Waals surface area contributed by atoms with Crippen LogP contribution in [0.25, 0.3) is 0 Å². The number of nitrogens with zero attached hydrogens (tertiary/aromatic N) is 1. The lowest BCUT2D eigenvalue weighted by Gasteiger charge is -2.30. The minimum atomic E-state index is -1.13. The molecule has 1 unspecified atom stereocenters. The van der Waals surface area contributed by atoms with Crippen LogP contribution in [0, 0.1) is 5.41 Å². The van der Waals surface area contributed by atoms with Crippen LogP contribution in [0.3, 0.4) is 0 Å². The largest absolute Gasteiger partial charge is 0.480 e. The van der Waals surface area contributed by atoms with Crippen molar-refractivity contribution in [3.8, 4) is 0 Å². The van der Waals surface area contributed by atoms with E-state index in [1.807, 2.05) is 0 Å². The quantitative estimate of drug-likeness (QED) is 0.752. The van der Waals surface area contributed by atoms with Crippen LogP contribution >= 0.6 is 0 Å². The normalized spacial score (nSPS) is 13.8. The number of carbonyl (C=O) groups excluding carboxylic acids is 2. The molecule has 120 valence electrons. The molecule has 0 saturated carbocycles. The smallest absolute Gasteiger partial charge is 0.415 e. The second-order valence-electron chi connectivity index (χ2n) is 6.00. The molecule has 0 heterocycles. The zero-order valence-corrected chi connectivity index (χ0v) is 13.4. The van der Waals surface area contributed by atoms with Gasteiger partial charge in [-0.2, -0.15) is 0 Å². The minimum absolute atomic E-state index is 0.206. The van der Waals surface area contributed by atoms with Gasteiger partial charge in [0.15, 0.2) is 0 Å². The molecule has 2 amide bonds. The molecule has 0 aromatic rings. The third-order valence-corrected chi connectivity index (χ3v) is 2.91. The monoisotopic (exact) mass is 300 g/mol. The van der Waals surface area contributed by atoms with Crippen molar-refractivity contribution in [1.82, 2.24) is 10.2 Å². The Balaban J connectivity index is 4.88. The summed E-state index contributed by atoms with van der Waals surface area (Å²) in [5, 5.41) is 11.6. The van der Waals surface area contributed by atoms with Crippen LogP contribution in [-0.2, 0) is 14.3 Å². The molecule has 0 aliphatic heterocycles. The lowest BCUT2D eigenvalue weighted by molar-refractivity contribution is -0.145. The third kappa shape index (κ3) is 5.85. The van der Waals surface area contributed by atoms with Gasteiger partial charge < -0.3 is 15.2 Å². The Labute approximate surface area is 124 Å². The van der Waals surface area contributed by atoms with Crippen LogP contribution < -0.4 is 5.32 Å². The second kappa shape index (κ2) is 7.10. The predicted molar refractivity (Wildman–Crippen MR) is 77.5 cm³/mol. The average molecular weight is 300 g/mol. The maximum absolute atomic E-state index is 12.1. The zero-order chi connectivity index (χ0) is 17.0. The standard InChI is InChI=1S/C14H24N2O5/c1-8(2)21-13(20)16(7)9(3)11(17)15-10(12(18)19)14(4,5)6/h9-10H,1H2,2-7H3,(H,15,17)(H,18,19)/t9-,10?/m0/s1. The number of carbonyl (C=O) groups is 3.